The Morgan fingerprint density at radius 1 is 1.41 bits per heavy atom. The first-order valence-electron chi connectivity index (χ1n) is 6.47. The molecule has 0 saturated heterocycles. The van der Waals surface area contributed by atoms with Crippen LogP contribution >= 0.6 is 11.6 Å². The van der Waals surface area contributed by atoms with Gasteiger partial charge in [-0.25, -0.2) is 0 Å². The van der Waals surface area contributed by atoms with Gasteiger partial charge in [-0.1, -0.05) is 18.5 Å². The first kappa shape index (κ1) is 11.4. The molecule has 1 heterocycles. The molecule has 1 aromatic carbocycles. The number of hydrogen-bond acceptors (Lipinski definition) is 2. The summed E-state index contributed by atoms with van der Waals surface area (Å²) >= 11 is 6.07. The lowest BCUT2D eigenvalue weighted by atomic mass is 9.94. The molecule has 2 unspecified atom stereocenters. The third-order valence-electron chi connectivity index (χ3n) is 3.69. The maximum absolute atomic E-state index is 6.09. The quantitative estimate of drug-likeness (QED) is 0.887. The van der Waals surface area contributed by atoms with E-state index in [0.717, 1.165) is 29.7 Å². The lowest BCUT2D eigenvalue weighted by molar-refractivity contribution is 0.130. The van der Waals surface area contributed by atoms with Gasteiger partial charge < -0.3 is 10.1 Å². The van der Waals surface area contributed by atoms with Crippen LogP contribution in [0.1, 0.15) is 37.8 Å². The summed E-state index contributed by atoms with van der Waals surface area (Å²) in [7, 11) is 0. The zero-order chi connectivity index (χ0) is 11.8. The molecule has 2 aliphatic rings. The second kappa shape index (κ2) is 4.51. The number of halogens is 1. The van der Waals surface area contributed by atoms with Crippen LogP contribution in [0.4, 0.5) is 0 Å². The van der Waals surface area contributed by atoms with E-state index in [4.69, 9.17) is 16.3 Å². The zero-order valence-corrected chi connectivity index (χ0v) is 10.8. The summed E-state index contributed by atoms with van der Waals surface area (Å²) < 4.78 is 6.09. The van der Waals surface area contributed by atoms with Crippen molar-refractivity contribution in [3.8, 4) is 5.75 Å². The fourth-order valence-electron chi connectivity index (χ4n) is 2.67. The number of benzene rings is 1. The average Bonchev–Trinajstić information content (AvgIpc) is 3.14. The number of rotatable bonds is 3. The van der Waals surface area contributed by atoms with Crippen molar-refractivity contribution < 1.29 is 4.74 Å². The number of ether oxygens (including phenoxy) is 1. The minimum atomic E-state index is 0.396. The molecule has 1 saturated carbocycles. The van der Waals surface area contributed by atoms with E-state index in [2.05, 4.69) is 12.2 Å². The van der Waals surface area contributed by atoms with Gasteiger partial charge in [-0.15, -0.1) is 0 Å². The van der Waals surface area contributed by atoms with Crippen molar-refractivity contribution in [2.45, 2.75) is 38.3 Å². The molecule has 0 amide bonds. The summed E-state index contributed by atoms with van der Waals surface area (Å²) in [4.78, 5) is 0. The van der Waals surface area contributed by atoms with Crippen LogP contribution < -0.4 is 10.1 Å². The number of fused-ring (bicyclic) bond motifs is 1. The van der Waals surface area contributed by atoms with E-state index in [1.165, 1.54) is 18.4 Å². The van der Waals surface area contributed by atoms with Gasteiger partial charge in [-0.2, -0.15) is 0 Å². The highest BCUT2D eigenvalue weighted by Gasteiger charge is 2.38. The van der Waals surface area contributed by atoms with Crippen molar-refractivity contribution in [2.24, 2.45) is 5.92 Å². The molecule has 1 fully saturated rings. The fourth-order valence-corrected chi connectivity index (χ4v) is 2.85. The molecule has 2 nitrogen and oxygen atoms in total. The van der Waals surface area contributed by atoms with Crippen LogP contribution in [-0.2, 0) is 0 Å². The molecule has 3 heteroatoms. The molecule has 0 spiro atoms. The van der Waals surface area contributed by atoms with E-state index in [9.17, 15) is 0 Å². The maximum atomic E-state index is 6.09. The maximum Gasteiger partial charge on any atom is 0.124 e. The van der Waals surface area contributed by atoms with Gasteiger partial charge in [-0.3, -0.25) is 0 Å². The van der Waals surface area contributed by atoms with Crippen molar-refractivity contribution in [3.05, 3.63) is 28.8 Å². The Morgan fingerprint density at radius 2 is 2.24 bits per heavy atom. The molecule has 0 aromatic heterocycles. The summed E-state index contributed by atoms with van der Waals surface area (Å²) in [5, 5.41) is 4.33. The molecule has 1 N–H and O–H groups in total. The molecule has 1 aromatic rings. The van der Waals surface area contributed by atoms with Crippen LogP contribution in [-0.4, -0.2) is 12.6 Å². The van der Waals surface area contributed by atoms with Crippen LogP contribution in [0.2, 0.25) is 5.02 Å². The van der Waals surface area contributed by atoms with Crippen LogP contribution in [0.5, 0.6) is 5.75 Å². The minimum absolute atomic E-state index is 0.396. The van der Waals surface area contributed by atoms with E-state index in [0.29, 0.717) is 12.1 Å². The van der Waals surface area contributed by atoms with Gasteiger partial charge in [0.2, 0.25) is 0 Å². The SMILES string of the molecule is CCNC1CC(C2CC2)Oc2ccc(Cl)cc21. The molecular weight excluding hydrogens is 234 g/mol. The highest BCUT2D eigenvalue weighted by molar-refractivity contribution is 6.30. The third-order valence-corrected chi connectivity index (χ3v) is 3.93. The lowest BCUT2D eigenvalue weighted by Gasteiger charge is -2.33. The number of nitrogens with one attached hydrogen (secondary N) is 1. The summed E-state index contributed by atoms with van der Waals surface area (Å²) in [5.74, 6) is 1.79. The van der Waals surface area contributed by atoms with Crippen LogP contribution in [0.15, 0.2) is 18.2 Å². The van der Waals surface area contributed by atoms with Crippen LogP contribution in [0.3, 0.4) is 0 Å². The van der Waals surface area contributed by atoms with Gasteiger partial charge in [-0.05, 0) is 43.5 Å². The highest BCUT2D eigenvalue weighted by atomic mass is 35.5. The third kappa shape index (κ3) is 2.29. The van der Waals surface area contributed by atoms with Gasteiger partial charge >= 0.3 is 0 Å². The van der Waals surface area contributed by atoms with Crippen molar-refractivity contribution in [1.82, 2.24) is 5.32 Å². The summed E-state index contributed by atoms with van der Waals surface area (Å²) in [6.45, 7) is 3.12. The molecule has 92 valence electrons. The lowest BCUT2D eigenvalue weighted by Crippen LogP contribution is -2.34. The normalized spacial score (nSPS) is 27.4. The largest absolute Gasteiger partial charge is 0.490 e. The van der Waals surface area contributed by atoms with Crippen molar-refractivity contribution >= 4 is 11.6 Å². The van der Waals surface area contributed by atoms with Gasteiger partial charge in [0.15, 0.2) is 0 Å². The first-order chi connectivity index (χ1) is 8.28. The van der Waals surface area contributed by atoms with Gasteiger partial charge in [0.1, 0.15) is 11.9 Å². The van der Waals surface area contributed by atoms with Crippen LogP contribution in [0, 0.1) is 5.92 Å². The highest BCUT2D eigenvalue weighted by Crippen LogP contribution is 2.44. The monoisotopic (exact) mass is 251 g/mol. The van der Waals surface area contributed by atoms with E-state index < -0.39 is 0 Å². The molecule has 0 radical (unpaired) electrons. The van der Waals surface area contributed by atoms with Crippen molar-refractivity contribution in [3.63, 3.8) is 0 Å². The van der Waals surface area contributed by atoms with E-state index in [-0.39, 0.29) is 0 Å². The Labute approximate surface area is 107 Å². The average molecular weight is 252 g/mol. The van der Waals surface area contributed by atoms with Crippen molar-refractivity contribution in [1.29, 1.82) is 0 Å². The standard InChI is InChI=1S/C14H18ClNO/c1-2-16-12-8-14(9-3-4-9)17-13-6-5-10(15)7-11(12)13/h5-7,9,12,14,16H,2-4,8H2,1H3. The fraction of sp³-hybridized carbons (Fsp3) is 0.571. The predicted octanol–water partition coefficient (Wildman–Crippen LogP) is 3.55. The Kier molecular flexibility index (Phi) is 3.01. The first-order valence-corrected chi connectivity index (χ1v) is 6.85. The molecule has 1 aliphatic carbocycles. The van der Waals surface area contributed by atoms with E-state index in [1.54, 1.807) is 0 Å². The molecule has 17 heavy (non-hydrogen) atoms. The minimum Gasteiger partial charge on any atom is -0.490 e. The predicted molar refractivity (Wildman–Crippen MR) is 69.6 cm³/mol. The van der Waals surface area contributed by atoms with Gasteiger partial charge in [0, 0.05) is 23.0 Å². The molecule has 1 aliphatic heterocycles. The second-order valence-electron chi connectivity index (χ2n) is 5.02. The Balaban J connectivity index is 1.90. The summed E-state index contributed by atoms with van der Waals surface area (Å²) in [6, 6.07) is 6.36. The zero-order valence-electron chi connectivity index (χ0n) is 10.1. The topological polar surface area (TPSA) is 21.3 Å². The molecular formula is C14H18ClNO. The summed E-state index contributed by atoms with van der Waals surface area (Å²) in [5.41, 5.74) is 1.22. The summed E-state index contributed by atoms with van der Waals surface area (Å²) in [6.07, 6.45) is 4.12. The van der Waals surface area contributed by atoms with Gasteiger partial charge in [0.25, 0.3) is 0 Å². The Bertz CT molecular complexity index is 417. The Hall–Kier alpha value is -0.730. The smallest absolute Gasteiger partial charge is 0.124 e. The molecule has 0 bridgehead atoms. The Morgan fingerprint density at radius 3 is 2.94 bits per heavy atom. The van der Waals surface area contributed by atoms with E-state index >= 15 is 0 Å². The molecule has 2 atom stereocenters. The van der Waals surface area contributed by atoms with Gasteiger partial charge in [0.05, 0.1) is 0 Å². The second-order valence-corrected chi connectivity index (χ2v) is 5.46. The van der Waals surface area contributed by atoms with E-state index in [1.807, 2.05) is 18.2 Å². The number of hydrogen-bond donors (Lipinski definition) is 1. The van der Waals surface area contributed by atoms with Crippen LogP contribution in [0.25, 0.3) is 0 Å². The van der Waals surface area contributed by atoms with Crippen molar-refractivity contribution in [2.75, 3.05) is 6.54 Å². The molecule has 3 rings (SSSR count).